The lowest BCUT2D eigenvalue weighted by Crippen LogP contribution is -2.48. The van der Waals surface area contributed by atoms with Gasteiger partial charge in [0.2, 0.25) is 5.91 Å². The lowest BCUT2D eigenvalue weighted by atomic mass is 10.1. The van der Waals surface area contributed by atoms with E-state index in [4.69, 9.17) is 0 Å². The Morgan fingerprint density at radius 1 is 1.04 bits per heavy atom. The molecule has 0 radical (unpaired) electrons. The van der Waals surface area contributed by atoms with Crippen LogP contribution in [0.5, 0.6) is 0 Å². The predicted octanol–water partition coefficient (Wildman–Crippen LogP) is 2.53. The molecule has 4 rings (SSSR count). The van der Waals surface area contributed by atoms with E-state index in [0.29, 0.717) is 6.42 Å². The van der Waals surface area contributed by atoms with E-state index >= 15 is 0 Å². The second-order valence-corrected chi connectivity index (χ2v) is 7.03. The molecule has 5 nitrogen and oxygen atoms in total. The van der Waals surface area contributed by atoms with Crippen LogP contribution < -0.4 is 0 Å². The fourth-order valence-corrected chi connectivity index (χ4v) is 3.56. The third kappa shape index (κ3) is 3.78. The van der Waals surface area contributed by atoms with Crippen LogP contribution in [-0.4, -0.2) is 51.5 Å². The van der Waals surface area contributed by atoms with E-state index in [1.807, 2.05) is 39.9 Å². The lowest BCUT2D eigenvalue weighted by molar-refractivity contribution is -0.132. The number of carbonyl (C=O) groups excluding carboxylic acids is 1. The third-order valence-corrected chi connectivity index (χ3v) is 4.97. The third-order valence-electron chi connectivity index (χ3n) is 4.97. The molecule has 1 fully saturated rings. The molecule has 0 N–H and O–H groups in total. The Morgan fingerprint density at radius 3 is 2.65 bits per heavy atom. The number of hydrogen-bond donors (Lipinski definition) is 0. The maximum atomic E-state index is 12.6. The van der Waals surface area contributed by atoms with Crippen LogP contribution in [0.2, 0.25) is 0 Å². The first-order valence-corrected chi connectivity index (χ1v) is 9.16. The molecule has 0 bridgehead atoms. The van der Waals surface area contributed by atoms with Gasteiger partial charge < -0.3 is 4.90 Å². The number of pyridine rings is 1. The van der Waals surface area contributed by atoms with Gasteiger partial charge in [0, 0.05) is 38.9 Å². The summed E-state index contributed by atoms with van der Waals surface area (Å²) in [4.78, 5) is 16.9. The summed E-state index contributed by atoms with van der Waals surface area (Å²) in [6, 6.07) is 16.4. The lowest BCUT2D eigenvalue weighted by Gasteiger charge is -2.34. The zero-order chi connectivity index (χ0) is 17.9. The Labute approximate surface area is 153 Å². The number of rotatable bonds is 4. The number of benzene rings is 1. The van der Waals surface area contributed by atoms with Gasteiger partial charge in [-0.3, -0.25) is 9.69 Å². The smallest absolute Gasteiger partial charge is 0.227 e. The van der Waals surface area contributed by atoms with Crippen LogP contribution in [0.1, 0.15) is 16.8 Å². The Balaban J connectivity index is 1.31. The van der Waals surface area contributed by atoms with Crippen molar-refractivity contribution >= 4 is 11.4 Å². The zero-order valence-corrected chi connectivity index (χ0v) is 15.1. The Morgan fingerprint density at radius 2 is 1.88 bits per heavy atom. The summed E-state index contributed by atoms with van der Waals surface area (Å²) in [5, 5.41) is 4.62. The standard InChI is InChI=1S/C21H24N4O/c1-17-5-4-6-18(13-17)14-21(26)24-11-9-23(10-12-24)16-19-15-20-7-2-3-8-25(20)22-19/h2-8,13,15H,9-12,14,16H2,1H3. The Kier molecular flexibility index (Phi) is 4.71. The van der Waals surface area contributed by atoms with Gasteiger partial charge in [0.1, 0.15) is 0 Å². The largest absolute Gasteiger partial charge is 0.340 e. The minimum Gasteiger partial charge on any atom is -0.340 e. The van der Waals surface area contributed by atoms with Crippen molar-refractivity contribution in [2.24, 2.45) is 0 Å². The van der Waals surface area contributed by atoms with Crippen LogP contribution in [0.4, 0.5) is 0 Å². The molecular formula is C21H24N4O. The molecule has 5 heteroatoms. The highest BCUT2D eigenvalue weighted by Crippen LogP contribution is 2.12. The van der Waals surface area contributed by atoms with Crippen molar-refractivity contribution in [3.63, 3.8) is 0 Å². The number of carbonyl (C=O) groups is 1. The summed E-state index contributed by atoms with van der Waals surface area (Å²) in [5.74, 6) is 0.225. The van der Waals surface area contributed by atoms with Crippen molar-refractivity contribution in [2.75, 3.05) is 26.2 Å². The summed E-state index contributed by atoms with van der Waals surface area (Å²) in [5.41, 5.74) is 4.50. The van der Waals surface area contributed by atoms with E-state index in [1.54, 1.807) is 0 Å². The number of fused-ring (bicyclic) bond motifs is 1. The minimum atomic E-state index is 0.225. The second kappa shape index (κ2) is 7.30. The number of piperazine rings is 1. The highest BCUT2D eigenvalue weighted by atomic mass is 16.2. The molecule has 1 aliphatic heterocycles. The summed E-state index contributed by atoms with van der Waals surface area (Å²) in [6.07, 6.45) is 2.47. The molecular weight excluding hydrogens is 324 g/mol. The average molecular weight is 348 g/mol. The van der Waals surface area contributed by atoms with Crippen LogP contribution in [0.25, 0.3) is 5.52 Å². The molecule has 0 unspecified atom stereocenters. The first-order chi connectivity index (χ1) is 12.7. The van der Waals surface area contributed by atoms with E-state index in [0.717, 1.165) is 49.5 Å². The minimum absolute atomic E-state index is 0.225. The van der Waals surface area contributed by atoms with E-state index in [2.05, 4.69) is 41.2 Å². The number of aromatic nitrogens is 2. The molecule has 0 aliphatic carbocycles. The molecule has 1 amide bonds. The molecule has 26 heavy (non-hydrogen) atoms. The Bertz CT molecular complexity index is 876. The van der Waals surface area contributed by atoms with Crippen molar-refractivity contribution in [1.29, 1.82) is 0 Å². The van der Waals surface area contributed by atoms with Crippen LogP contribution in [0.3, 0.4) is 0 Å². The summed E-state index contributed by atoms with van der Waals surface area (Å²) >= 11 is 0. The molecule has 3 aromatic rings. The molecule has 0 atom stereocenters. The van der Waals surface area contributed by atoms with Crippen molar-refractivity contribution in [2.45, 2.75) is 19.9 Å². The monoisotopic (exact) mass is 348 g/mol. The van der Waals surface area contributed by atoms with Gasteiger partial charge >= 0.3 is 0 Å². The molecule has 2 aromatic heterocycles. The molecule has 0 saturated carbocycles. The average Bonchev–Trinajstić information content (AvgIpc) is 3.04. The van der Waals surface area contributed by atoms with Crippen LogP contribution in [-0.2, 0) is 17.8 Å². The zero-order valence-electron chi connectivity index (χ0n) is 15.1. The van der Waals surface area contributed by atoms with Gasteiger partial charge in [0.15, 0.2) is 0 Å². The quantitative estimate of drug-likeness (QED) is 0.727. The topological polar surface area (TPSA) is 40.9 Å². The van der Waals surface area contributed by atoms with Gasteiger partial charge in [-0.25, -0.2) is 4.52 Å². The maximum Gasteiger partial charge on any atom is 0.227 e. The molecule has 3 heterocycles. The highest BCUT2D eigenvalue weighted by Gasteiger charge is 2.21. The SMILES string of the molecule is Cc1cccc(CC(=O)N2CCN(Cc3cc4ccccn4n3)CC2)c1. The Hall–Kier alpha value is -2.66. The normalized spacial score (nSPS) is 15.5. The van der Waals surface area contributed by atoms with Gasteiger partial charge in [-0.05, 0) is 30.7 Å². The maximum absolute atomic E-state index is 12.6. The van der Waals surface area contributed by atoms with Crippen LogP contribution in [0.15, 0.2) is 54.7 Å². The number of nitrogens with zero attached hydrogens (tertiary/aromatic N) is 4. The van der Waals surface area contributed by atoms with Crippen molar-refractivity contribution in [3.05, 3.63) is 71.5 Å². The molecule has 1 aromatic carbocycles. The van der Waals surface area contributed by atoms with Crippen LogP contribution >= 0.6 is 0 Å². The van der Waals surface area contributed by atoms with Crippen LogP contribution in [0, 0.1) is 6.92 Å². The number of hydrogen-bond acceptors (Lipinski definition) is 3. The first-order valence-electron chi connectivity index (χ1n) is 9.16. The number of amides is 1. The summed E-state index contributed by atoms with van der Waals surface area (Å²) < 4.78 is 1.91. The van der Waals surface area contributed by atoms with E-state index < -0.39 is 0 Å². The summed E-state index contributed by atoms with van der Waals surface area (Å²) in [7, 11) is 0. The van der Waals surface area contributed by atoms with Crippen molar-refractivity contribution in [1.82, 2.24) is 19.4 Å². The summed E-state index contributed by atoms with van der Waals surface area (Å²) in [6.45, 7) is 6.27. The van der Waals surface area contributed by atoms with Crippen molar-refractivity contribution < 1.29 is 4.79 Å². The molecule has 1 saturated heterocycles. The molecule has 0 spiro atoms. The fourth-order valence-electron chi connectivity index (χ4n) is 3.56. The fraction of sp³-hybridized carbons (Fsp3) is 0.333. The molecule has 1 aliphatic rings. The predicted molar refractivity (Wildman–Crippen MR) is 102 cm³/mol. The van der Waals surface area contributed by atoms with Gasteiger partial charge in [-0.15, -0.1) is 0 Å². The van der Waals surface area contributed by atoms with Gasteiger partial charge in [-0.1, -0.05) is 35.9 Å². The van der Waals surface area contributed by atoms with Crippen molar-refractivity contribution in [3.8, 4) is 0 Å². The van der Waals surface area contributed by atoms with Gasteiger partial charge in [0.05, 0.1) is 17.6 Å². The van der Waals surface area contributed by atoms with E-state index in [9.17, 15) is 4.79 Å². The number of aryl methyl sites for hydroxylation is 1. The van der Waals surface area contributed by atoms with E-state index in [1.165, 1.54) is 5.56 Å². The van der Waals surface area contributed by atoms with Gasteiger partial charge in [-0.2, -0.15) is 5.10 Å². The highest BCUT2D eigenvalue weighted by molar-refractivity contribution is 5.79. The van der Waals surface area contributed by atoms with E-state index in [-0.39, 0.29) is 5.91 Å². The van der Waals surface area contributed by atoms with Gasteiger partial charge in [0.25, 0.3) is 0 Å². The second-order valence-electron chi connectivity index (χ2n) is 7.03. The first kappa shape index (κ1) is 16.8. The molecule has 134 valence electrons.